The summed E-state index contributed by atoms with van der Waals surface area (Å²) in [5.41, 5.74) is 5.10. The second kappa shape index (κ2) is 8.30. The molecule has 0 aromatic heterocycles. The molecular weight excluding hydrogens is 456 g/mol. The Balaban J connectivity index is 1.42. The summed E-state index contributed by atoms with van der Waals surface area (Å²) in [6, 6.07) is 53.4. The SMILES string of the molecule is c1ccc2c(-c3ccc(-c4cccc5cc6ccc7ccccc7c6cc45)c4ccccc34)cccc2c1. The molecule has 0 nitrogen and oxygen atoms in total. The molecule has 0 heteroatoms. The van der Waals surface area contributed by atoms with Gasteiger partial charge >= 0.3 is 0 Å². The molecule has 8 aromatic carbocycles. The first-order valence-corrected chi connectivity index (χ1v) is 13.2. The van der Waals surface area contributed by atoms with Crippen LogP contribution in [0.1, 0.15) is 0 Å². The molecule has 0 N–H and O–H groups in total. The Morgan fingerprint density at radius 3 is 1.37 bits per heavy atom. The summed E-state index contributed by atoms with van der Waals surface area (Å²) < 4.78 is 0. The van der Waals surface area contributed by atoms with Gasteiger partial charge in [-0.25, -0.2) is 0 Å². The summed E-state index contributed by atoms with van der Waals surface area (Å²) >= 11 is 0. The van der Waals surface area contributed by atoms with Crippen molar-refractivity contribution in [3.63, 3.8) is 0 Å². The van der Waals surface area contributed by atoms with Gasteiger partial charge in [0.05, 0.1) is 0 Å². The van der Waals surface area contributed by atoms with Gasteiger partial charge in [-0.2, -0.15) is 0 Å². The summed E-state index contributed by atoms with van der Waals surface area (Å²) in [6.45, 7) is 0. The summed E-state index contributed by atoms with van der Waals surface area (Å²) in [4.78, 5) is 0. The standard InChI is InChI=1S/C38H24/c1-3-13-29-25(9-1)11-7-17-31(29)35-21-22-36(33-16-6-5-15-32(33)35)34-18-8-12-27-23-28-20-19-26-10-2-4-14-30(26)37(28)24-38(27)34/h1-24H. The van der Waals surface area contributed by atoms with E-state index in [1.165, 1.54) is 76.1 Å². The predicted molar refractivity (Wildman–Crippen MR) is 165 cm³/mol. The molecule has 0 bridgehead atoms. The summed E-state index contributed by atoms with van der Waals surface area (Å²) in [5.74, 6) is 0. The molecule has 176 valence electrons. The topological polar surface area (TPSA) is 0 Å². The van der Waals surface area contributed by atoms with Crippen LogP contribution < -0.4 is 0 Å². The van der Waals surface area contributed by atoms with Gasteiger partial charge in [0.15, 0.2) is 0 Å². The molecule has 8 aromatic rings. The van der Waals surface area contributed by atoms with Gasteiger partial charge in [-0.05, 0) is 88.2 Å². The van der Waals surface area contributed by atoms with Crippen molar-refractivity contribution in [2.45, 2.75) is 0 Å². The van der Waals surface area contributed by atoms with Crippen LogP contribution >= 0.6 is 0 Å². The van der Waals surface area contributed by atoms with Crippen LogP contribution in [-0.2, 0) is 0 Å². The van der Waals surface area contributed by atoms with Crippen LogP contribution in [0.15, 0.2) is 146 Å². The smallest absolute Gasteiger partial charge is 0.00986 e. The molecule has 0 unspecified atom stereocenters. The lowest BCUT2D eigenvalue weighted by molar-refractivity contribution is 1.66. The molecule has 0 aliphatic heterocycles. The fraction of sp³-hybridized carbons (Fsp3) is 0. The lowest BCUT2D eigenvalue weighted by Crippen LogP contribution is -1.89. The Morgan fingerprint density at radius 2 is 0.658 bits per heavy atom. The summed E-state index contributed by atoms with van der Waals surface area (Å²) in [7, 11) is 0. The molecule has 0 saturated carbocycles. The maximum atomic E-state index is 2.40. The van der Waals surface area contributed by atoms with Crippen molar-refractivity contribution in [1.82, 2.24) is 0 Å². The molecule has 0 amide bonds. The molecule has 0 heterocycles. The van der Waals surface area contributed by atoms with E-state index in [4.69, 9.17) is 0 Å². The van der Waals surface area contributed by atoms with Gasteiger partial charge in [0.25, 0.3) is 0 Å². The fourth-order valence-electron chi connectivity index (χ4n) is 6.25. The van der Waals surface area contributed by atoms with Gasteiger partial charge in [-0.15, -0.1) is 0 Å². The van der Waals surface area contributed by atoms with E-state index >= 15 is 0 Å². The number of rotatable bonds is 2. The fourth-order valence-corrected chi connectivity index (χ4v) is 6.25. The van der Waals surface area contributed by atoms with Crippen LogP contribution in [0.3, 0.4) is 0 Å². The van der Waals surface area contributed by atoms with Crippen LogP contribution in [0.2, 0.25) is 0 Å². The van der Waals surface area contributed by atoms with Crippen molar-refractivity contribution in [3.8, 4) is 22.3 Å². The zero-order chi connectivity index (χ0) is 25.1. The van der Waals surface area contributed by atoms with Crippen molar-refractivity contribution in [1.29, 1.82) is 0 Å². The zero-order valence-corrected chi connectivity index (χ0v) is 20.9. The summed E-state index contributed by atoms with van der Waals surface area (Å²) in [6.07, 6.45) is 0. The number of hydrogen-bond donors (Lipinski definition) is 0. The Morgan fingerprint density at radius 1 is 0.211 bits per heavy atom. The third-order valence-electron chi connectivity index (χ3n) is 8.04. The molecular formula is C38H24. The Bertz CT molecular complexity index is 2180. The molecule has 0 atom stereocenters. The highest BCUT2D eigenvalue weighted by atomic mass is 14.2. The van der Waals surface area contributed by atoms with Crippen molar-refractivity contribution in [3.05, 3.63) is 146 Å². The molecule has 0 spiro atoms. The first kappa shape index (κ1) is 21.2. The highest BCUT2D eigenvalue weighted by Gasteiger charge is 2.14. The van der Waals surface area contributed by atoms with Gasteiger partial charge in [0.1, 0.15) is 0 Å². The Labute approximate surface area is 221 Å². The second-order valence-electron chi connectivity index (χ2n) is 10.1. The second-order valence-corrected chi connectivity index (χ2v) is 10.1. The minimum Gasteiger partial charge on any atom is -0.0616 e. The van der Waals surface area contributed by atoms with Crippen molar-refractivity contribution in [2.75, 3.05) is 0 Å². The highest BCUT2D eigenvalue weighted by molar-refractivity contribution is 6.17. The average molecular weight is 481 g/mol. The average Bonchev–Trinajstić information content (AvgIpc) is 2.99. The van der Waals surface area contributed by atoms with Gasteiger partial charge in [0, 0.05) is 0 Å². The molecule has 0 fully saturated rings. The minimum absolute atomic E-state index is 1.27. The van der Waals surface area contributed by atoms with E-state index in [1.54, 1.807) is 0 Å². The van der Waals surface area contributed by atoms with E-state index in [9.17, 15) is 0 Å². The van der Waals surface area contributed by atoms with Gasteiger partial charge in [-0.3, -0.25) is 0 Å². The monoisotopic (exact) mass is 480 g/mol. The third-order valence-corrected chi connectivity index (χ3v) is 8.04. The number of benzene rings is 8. The van der Waals surface area contributed by atoms with E-state index in [-0.39, 0.29) is 0 Å². The first-order chi connectivity index (χ1) is 18.8. The molecule has 0 aliphatic carbocycles. The van der Waals surface area contributed by atoms with Crippen LogP contribution in [0.4, 0.5) is 0 Å². The maximum Gasteiger partial charge on any atom is -0.00986 e. The van der Waals surface area contributed by atoms with Crippen LogP contribution in [0.25, 0.3) is 76.1 Å². The van der Waals surface area contributed by atoms with Gasteiger partial charge < -0.3 is 0 Å². The molecule has 0 radical (unpaired) electrons. The molecule has 0 saturated heterocycles. The van der Waals surface area contributed by atoms with Crippen molar-refractivity contribution in [2.24, 2.45) is 0 Å². The van der Waals surface area contributed by atoms with Crippen LogP contribution in [-0.4, -0.2) is 0 Å². The van der Waals surface area contributed by atoms with E-state index in [2.05, 4.69) is 146 Å². The molecule has 8 rings (SSSR count). The predicted octanol–water partition coefficient (Wildman–Crippen LogP) is 10.8. The maximum absolute atomic E-state index is 2.40. The van der Waals surface area contributed by atoms with Gasteiger partial charge in [-0.1, -0.05) is 133 Å². The Hall–Kier alpha value is -4.94. The van der Waals surface area contributed by atoms with Gasteiger partial charge in [0.2, 0.25) is 0 Å². The van der Waals surface area contributed by atoms with E-state index in [1.807, 2.05) is 0 Å². The first-order valence-electron chi connectivity index (χ1n) is 13.2. The van der Waals surface area contributed by atoms with Crippen molar-refractivity contribution >= 4 is 53.9 Å². The van der Waals surface area contributed by atoms with Crippen LogP contribution in [0.5, 0.6) is 0 Å². The van der Waals surface area contributed by atoms with E-state index in [0.29, 0.717) is 0 Å². The number of fused-ring (bicyclic) bond motifs is 6. The van der Waals surface area contributed by atoms with Crippen molar-refractivity contribution < 1.29 is 0 Å². The zero-order valence-electron chi connectivity index (χ0n) is 20.9. The van der Waals surface area contributed by atoms with E-state index in [0.717, 1.165) is 0 Å². The lowest BCUT2D eigenvalue weighted by Gasteiger charge is -2.16. The number of hydrogen-bond acceptors (Lipinski definition) is 0. The summed E-state index contributed by atoms with van der Waals surface area (Å²) in [5, 5.41) is 12.9. The molecule has 38 heavy (non-hydrogen) atoms. The van der Waals surface area contributed by atoms with E-state index < -0.39 is 0 Å². The largest absolute Gasteiger partial charge is 0.0616 e. The normalized spacial score (nSPS) is 11.7. The minimum atomic E-state index is 1.27. The molecule has 0 aliphatic rings. The highest BCUT2D eigenvalue weighted by Crippen LogP contribution is 2.41. The lowest BCUT2D eigenvalue weighted by atomic mass is 9.88. The Kier molecular flexibility index (Phi) is 4.62. The quantitative estimate of drug-likeness (QED) is 0.170. The van der Waals surface area contributed by atoms with Crippen LogP contribution in [0, 0.1) is 0 Å². The third kappa shape index (κ3) is 3.17.